The third-order valence-corrected chi connectivity index (χ3v) is 28.9. The number of hydrogen-bond donors (Lipinski definition) is 5. The fourth-order valence-corrected chi connectivity index (χ4v) is 20.7. The Morgan fingerprint density at radius 3 is 0.916 bits per heavy atom. The number of aryl methyl sites for hydroxylation is 2. The zero-order valence-corrected chi connectivity index (χ0v) is 78.8. The van der Waals surface area contributed by atoms with Crippen molar-refractivity contribution in [2.45, 2.75) is 141 Å². The lowest BCUT2D eigenvalue weighted by Gasteiger charge is -2.43. The summed E-state index contributed by atoms with van der Waals surface area (Å²) in [4.78, 5) is 69.6. The molecule has 5 unspecified atom stereocenters. The molecule has 0 bridgehead atoms. The van der Waals surface area contributed by atoms with Gasteiger partial charge < -0.3 is 54.4 Å². The van der Waals surface area contributed by atoms with Gasteiger partial charge in [-0.3, -0.25) is 24.0 Å². The topological polar surface area (TPSA) is 216 Å². The number of carbonyl (C=O) groups is 5. The first-order valence-corrected chi connectivity index (χ1v) is 46.7. The summed E-state index contributed by atoms with van der Waals surface area (Å²) in [5, 5.41) is 63.9. The largest absolute Gasteiger partial charge is 0.458 e. The molecule has 686 valence electrons. The summed E-state index contributed by atoms with van der Waals surface area (Å²) in [5.74, 6) is 0.883. The van der Waals surface area contributed by atoms with Crippen LogP contribution in [0.3, 0.4) is 0 Å². The van der Waals surface area contributed by atoms with Crippen LogP contribution < -0.4 is 0 Å². The number of likely N-dealkylation sites (tertiary alicyclic amines) is 5. The van der Waals surface area contributed by atoms with Crippen LogP contribution >= 0.6 is 11.6 Å². The molecule has 17 rings (SSSR count). The maximum Gasteiger partial charge on any atom is 0.159 e. The second kappa shape index (κ2) is 42.9. The van der Waals surface area contributed by atoms with Crippen LogP contribution in [-0.4, -0.2) is 180 Å². The van der Waals surface area contributed by atoms with E-state index in [1.807, 2.05) is 164 Å². The van der Waals surface area contributed by atoms with Crippen LogP contribution in [0.25, 0.3) is 21.7 Å². The number of furan rings is 1. The summed E-state index contributed by atoms with van der Waals surface area (Å²) in [6.07, 6.45) is 9.11. The van der Waals surface area contributed by atoms with Gasteiger partial charge in [-0.25, -0.2) is 4.39 Å². The first-order valence-electron chi connectivity index (χ1n) is 46.3. The Hall–Kier alpha value is -10.6. The van der Waals surface area contributed by atoms with Crippen LogP contribution in [0.2, 0.25) is 5.02 Å². The summed E-state index contributed by atoms with van der Waals surface area (Å²) < 4.78 is 19.5. The van der Waals surface area contributed by atoms with Gasteiger partial charge >= 0.3 is 0 Å². The van der Waals surface area contributed by atoms with Crippen LogP contribution in [0, 0.1) is 49.3 Å². The number of piperidine rings is 5. The summed E-state index contributed by atoms with van der Waals surface area (Å²) in [5.41, 5.74) is 8.30. The molecule has 18 heteroatoms. The summed E-state index contributed by atoms with van der Waals surface area (Å²) >= 11 is 6.04. The molecule has 5 aliphatic rings. The molecule has 6 heterocycles. The number of fused-ring (bicyclic) bond motifs is 2. The van der Waals surface area contributed by atoms with Crippen LogP contribution in [0.5, 0.6) is 0 Å². The van der Waals surface area contributed by atoms with E-state index in [1.54, 1.807) is 76.2 Å². The molecule has 0 spiro atoms. The van der Waals surface area contributed by atoms with Crippen LogP contribution in [0.4, 0.5) is 4.39 Å². The number of halogens is 2. The monoisotopic (exact) mass is 1790 g/mol. The summed E-state index contributed by atoms with van der Waals surface area (Å²) in [6.45, 7) is 21.5. The molecule has 5 fully saturated rings. The number of hydrogen-bond acceptors (Lipinski definition) is 16. The van der Waals surface area contributed by atoms with Crippen molar-refractivity contribution in [1.82, 2.24) is 24.5 Å². The molecular formula is C113H129ClFN5O11. The van der Waals surface area contributed by atoms with Crippen molar-refractivity contribution in [3.05, 3.63) is 366 Å². The standard InChI is InChI=1S/C25H27NO2.C23H25NO3.C23H29NO2.C21H24ClNO2.C21H24FNO2/c1-18(27)19-10-12-21(13-11-19)25(28,22-14-16-26(2)17-15-22)24-9-5-7-20-6-3-4-8-23(20)24;1-16(25)17-7-9-19(10-8-17)23(26,20-11-13-24(2)14-12-20)22-15-18-5-3-4-6-21(18)27-22;1-16-6-5-7-17(2)22(16)23(26,21-12-14-24(4)15-13-21)20-10-8-19(9-11-20)18(3)25;2*1-15(24)16-3-5-17(6-4-16)21(25,18-7-9-20(22)10-8-18)19-11-13-23(2)14-12-19/h3-13,22,28H,14-17H2,1-2H3;3-10,15,20,26H,11-14H2,1-2H3;5-11,21,26H,12-15H2,1-4H3;2*3-10,19,25H,11-14H2,1-2H3. The zero-order chi connectivity index (χ0) is 93.7. The molecule has 5 aliphatic heterocycles. The third kappa shape index (κ3) is 22.0. The average molecular weight is 1790 g/mol. The number of para-hydroxylation sites is 1. The lowest BCUT2D eigenvalue weighted by Crippen LogP contribution is -2.44. The molecule has 5 saturated heterocycles. The highest BCUT2D eigenvalue weighted by atomic mass is 35.5. The van der Waals surface area contributed by atoms with Crippen molar-refractivity contribution >= 4 is 62.3 Å². The number of ketones is 5. The van der Waals surface area contributed by atoms with Gasteiger partial charge in [0.2, 0.25) is 0 Å². The minimum atomic E-state index is -1.21. The third-order valence-electron chi connectivity index (χ3n) is 28.6. The Morgan fingerprint density at radius 2 is 0.573 bits per heavy atom. The maximum absolute atomic E-state index is 13.4. The second-order valence-electron chi connectivity index (χ2n) is 37.3. The minimum Gasteiger partial charge on any atom is -0.458 e. The molecule has 0 amide bonds. The van der Waals surface area contributed by atoms with E-state index in [2.05, 4.69) is 110 Å². The van der Waals surface area contributed by atoms with Crippen LogP contribution in [-0.2, 0) is 28.0 Å². The molecule has 0 aliphatic carbocycles. The molecule has 0 radical (unpaired) electrons. The highest BCUT2D eigenvalue weighted by Gasteiger charge is 2.48. The first-order chi connectivity index (χ1) is 62.6. The minimum absolute atomic E-state index is 0.00355. The Morgan fingerprint density at radius 1 is 0.313 bits per heavy atom. The predicted molar refractivity (Wildman–Crippen MR) is 522 cm³/mol. The van der Waals surface area contributed by atoms with E-state index in [0.717, 1.165) is 207 Å². The average Bonchev–Trinajstić information content (AvgIpc) is 1.12. The van der Waals surface area contributed by atoms with Gasteiger partial charge in [0.1, 0.15) is 45.2 Å². The highest BCUT2D eigenvalue weighted by Crippen LogP contribution is 2.50. The molecular weight excluding hydrogens is 1660 g/mol. The van der Waals surface area contributed by atoms with Gasteiger partial charge in [-0.1, -0.05) is 236 Å². The maximum atomic E-state index is 13.4. The predicted octanol–water partition coefficient (Wildman–Crippen LogP) is 20.6. The van der Waals surface area contributed by atoms with Gasteiger partial charge in [0, 0.05) is 44.1 Å². The fraction of sp³-hybridized carbons (Fsp3) is 0.372. The molecule has 16 nitrogen and oxygen atoms in total. The van der Waals surface area contributed by atoms with E-state index in [9.17, 15) is 53.9 Å². The lowest BCUT2D eigenvalue weighted by atomic mass is 9.69. The summed E-state index contributed by atoms with van der Waals surface area (Å²) in [6, 6.07) is 80.8. The van der Waals surface area contributed by atoms with Gasteiger partial charge in [-0.2, -0.15) is 0 Å². The normalized spacial score (nSPS) is 18.5. The SMILES string of the molecule is CC(=O)c1ccc(C(O)(c2c(C)cccc2C)C2CCN(C)CC2)cc1.CC(=O)c1ccc(C(O)(c2cc3ccccc3o2)C2CCN(C)CC2)cc1.CC(=O)c1ccc(C(O)(c2ccc(Cl)cc2)C2CCN(C)CC2)cc1.CC(=O)c1ccc(C(O)(c2ccc(F)cc2)C2CCN(C)CC2)cc1.CC(=O)c1ccc(C(O)(c2cccc3ccccc23)C2CCN(C)CC2)cc1. The van der Waals surface area contributed by atoms with Gasteiger partial charge in [0.05, 0.1) is 0 Å². The van der Waals surface area contributed by atoms with Crippen molar-refractivity contribution in [3.63, 3.8) is 0 Å². The van der Waals surface area contributed by atoms with E-state index in [1.165, 1.54) is 19.1 Å². The smallest absolute Gasteiger partial charge is 0.159 e. The van der Waals surface area contributed by atoms with E-state index in [0.29, 0.717) is 44.2 Å². The van der Waals surface area contributed by atoms with Crippen LogP contribution in [0.15, 0.2) is 265 Å². The molecule has 1 aromatic heterocycles. The number of Topliss-reactive ketones (excluding diaryl/α,β-unsaturated/α-hetero) is 5. The molecule has 131 heavy (non-hydrogen) atoms. The van der Waals surface area contributed by atoms with E-state index < -0.39 is 28.0 Å². The lowest BCUT2D eigenvalue weighted by molar-refractivity contribution is -0.0262. The molecule has 5 N–H and O–H groups in total. The number of nitrogens with zero attached hydrogens (tertiary/aromatic N) is 5. The Balaban J connectivity index is 0.000000139. The van der Waals surface area contributed by atoms with Gasteiger partial charge in [-0.05, 0) is 345 Å². The fourth-order valence-electron chi connectivity index (χ4n) is 20.5. The summed E-state index contributed by atoms with van der Waals surface area (Å²) in [7, 11) is 10.6. The van der Waals surface area contributed by atoms with Crippen molar-refractivity contribution in [1.29, 1.82) is 0 Å². The second-order valence-corrected chi connectivity index (χ2v) is 37.8. The van der Waals surface area contributed by atoms with E-state index >= 15 is 0 Å². The molecule has 12 aromatic rings. The number of aliphatic hydroxyl groups is 5. The quantitative estimate of drug-likeness (QED) is 0.0449. The highest BCUT2D eigenvalue weighted by molar-refractivity contribution is 6.30. The van der Waals surface area contributed by atoms with Gasteiger partial charge in [0.15, 0.2) is 28.9 Å². The number of rotatable bonds is 20. The number of benzene rings is 11. The van der Waals surface area contributed by atoms with E-state index in [4.69, 9.17) is 16.0 Å². The van der Waals surface area contributed by atoms with Crippen LogP contribution in [0.1, 0.15) is 218 Å². The van der Waals surface area contributed by atoms with Crippen molar-refractivity contribution in [3.8, 4) is 0 Å². The Kier molecular flexibility index (Phi) is 32.1. The Labute approximate surface area is 777 Å². The van der Waals surface area contributed by atoms with Crippen molar-refractivity contribution < 1.29 is 58.3 Å². The van der Waals surface area contributed by atoms with Crippen molar-refractivity contribution in [2.24, 2.45) is 29.6 Å². The Bertz CT molecular complexity index is 5680. The molecule has 11 aromatic carbocycles. The number of carbonyl (C=O) groups excluding carboxylic acids is 5. The van der Waals surface area contributed by atoms with E-state index in [-0.39, 0.29) is 64.3 Å². The first kappa shape index (κ1) is 97.9. The van der Waals surface area contributed by atoms with Gasteiger partial charge in [-0.15, -0.1) is 0 Å². The van der Waals surface area contributed by atoms with Crippen molar-refractivity contribution in [2.75, 3.05) is 101 Å². The zero-order valence-electron chi connectivity index (χ0n) is 78.0. The van der Waals surface area contributed by atoms with Gasteiger partial charge in [0.25, 0.3) is 0 Å². The molecule has 0 saturated carbocycles. The molecule has 5 atom stereocenters.